The molecule has 2 saturated carbocycles. The lowest BCUT2D eigenvalue weighted by Gasteiger charge is -2.50. The van der Waals surface area contributed by atoms with E-state index in [9.17, 15) is 4.79 Å². The Labute approximate surface area is 150 Å². The van der Waals surface area contributed by atoms with E-state index in [1.807, 2.05) is 19.2 Å². The Bertz CT molecular complexity index is 617. The highest BCUT2D eigenvalue weighted by Gasteiger charge is 2.48. The van der Waals surface area contributed by atoms with E-state index < -0.39 is 5.91 Å². The fraction of sp³-hybridized carbons (Fsp3) is 0.700. The monoisotopic (exact) mass is 345 g/mol. The molecule has 3 rings (SSSR count). The number of ether oxygens (including phenoxy) is 1. The molecule has 3 unspecified atom stereocenters. The number of rotatable bonds is 6. The van der Waals surface area contributed by atoms with E-state index in [2.05, 4.69) is 23.9 Å². The van der Waals surface area contributed by atoms with Crippen molar-refractivity contribution < 1.29 is 9.53 Å². The maximum absolute atomic E-state index is 11.6. The molecule has 1 aromatic rings. The quantitative estimate of drug-likeness (QED) is 0.861. The van der Waals surface area contributed by atoms with Gasteiger partial charge in [-0.2, -0.15) is 0 Å². The molecule has 0 radical (unpaired) electrons. The van der Waals surface area contributed by atoms with Crippen LogP contribution in [-0.2, 0) is 10.3 Å². The fourth-order valence-electron chi connectivity index (χ4n) is 4.87. The van der Waals surface area contributed by atoms with Gasteiger partial charge in [-0.3, -0.25) is 9.78 Å². The molecule has 0 aliphatic heterocycles. The summed E-state index contributed by atoms with van der Waals surface area (Å²) in [7, 11) is 4.05. The highest BCUT2D eigenvalue weighted by atomic mass is 16.5. The standard InChI is InChI=1S/C20H31N3O2/c1-14-6-4-7-16(13-23(2)17-8-5-9-17)20(14,25-3)15-10-11-22-18(12-15)19(21)24/h10-12,14,16-17H,4-9,13H2,1-3H3,(H2,21,24). The Morgan fingerprint density at radius 2 is 2.08 bits per heavy atom. The molecular weight excluding hydrogens is 314 g/mol. The molecule has 1 amide bonds. The predicted octanol–water partition coefficient (Wildman–Crippen LogP) is 2.94. The van der Waals surface area contributed by atoms with Crippen molar-refractivity contribution in [3.63, 3.8) is 0 Å². The molecule has 1 heterocycles. The van der Waals surface area contributed by atoms with Gasteiger partial charge in [0.1, 0.15) is 5.69 Å². The van der Waals surface area contributed by atoms with Crippen LogP contribution >= 0.6 is 0 Å². The number of aromatic nitrogens is 1. The van der Waals surface area contributed by atoms with Crippen LogP contribution in [0.25, 0.3) is 0 Å². The smallest absolute Gasteiger partial charge is 0.267 e. The second kappa shape index (κ2) is 7.42. The van der Waals surface area contributed by atoms with Gasteiger partial charge in [-0.05, 0) is 56.3 Å². The second-order valence-electron chi connectivity index (χ2n) is 7.84. The number of methoxy groups -OCH3 is 1. The first-order valence-electron chi connectivity index (χ1n) is 9.50. The molecule has 25 heavy (non-hydrogen) atoms. The van der Waals surface area contributed by atoms with Gasteiger partial charge < -0.3 is 15.4 Å². The van der Waals surface area contributed by atoms with Gasteiger partial charge in [-0.25, -0.2) is 0 Å². The zero-order valence-electron chi connectivity index (χ0n) is 15.7. The van der Waals surface area contributed by atoms with Crippen LogP contribution < -0.4 is 5.73 Å². The summed E-state index contributed by atoms with van der Waals surface area (Å²) in [6.07, 6.45) is 9.14. The lowest BCUT2D eigenvalue weighted by Crippen LogP contribution is -2.51. The normalized spacial score (nSPS) is 30.2. The summed E-state index contributed by atoms with van der Waals surface area (Å²) in [6.45, 7) is 3.29. The summed E-state index contributed by atoms with van der Waals surface area (Å²) in [6, 6.07) is 4.54. The number of primary amides is 1. The number of carbonyl (C=O) groups excluding carboxylic acids is 1. The third kappa shape index (κ3) is 3.32. The molecule has 138 valence electrons. The van der Waals surface area contributed by atoms with Gasteiger partial charge in [0.05, 0.1) is 5.60 Å². The number of nitrogens with zero attached hydrogens (tertiary/aromatic N) is 2. The number of pyridine rings is 1. The number of hydrogen-bond acceptors (Lipinski definition) is 4. The molecule has 1 aromatic heterocycles. The summed E-state index contributed by atoms with van der Waals surface area (Å²) in [5.41, 5.74) is 6.43. The van der Waals surface area contributed by atoms with Crippen molar-refractivity contribution in [2.75, 3.05) is 20.7 Å². The molecule has 0 aromatic carbocycles. The maximum Gasteiger partial charge on any atom is 0.267 e. The molecule has 2 N–H and O–H groups in total. The van der Waals surface area contributed by atoms with Gasteiger partial charge in [-0.1, -0.05) is 19.8 Å². The number of nitrogens with two attached hydrogens (primary N) is 1. The average molecular weight is 345 g/mol. The zero-order chi connectivity index (χ0) is 18.0. The van der Waals surface area contributed by atoms with Gasteiger partial charge >= 0.3 is 0 Å². The van der Waals surface area contributed by atoms with Gasteiger partial charge in [0, 0.05) is 31.8 Å². The van der Waals surface area contributed by atoms with Gasteiger partial charge in [0.15, 0.2) is 0 Å². The van der Waals surface area contributed by atoms with E-state index in [0.29, 0.717) is 23.6 Å². The van der Waals surface area contributed by atoms with Crippen LogP contribution in [0.1, 0.15) is 61.5 Å². The number of amides is 1. The first-order chi connectivity index (χ1) is 12.0. The second-order valence-corrected chi connectivity index (χ2v) is 7.84. The third-order valence-electron chi connectivity index (χ3n) is 6.54. The van der Waals surface area contributed by atoms with Crippen molar-refractivity contribution in [1.29, 1.82) is 0 Å². The SMILES string of the molecule is COC1(c2ccnc(C(N)=O)c2)C(C)CCCC1CN(C)C1CCC1. The van der Waals surface area contributed by atoms with Gasteiger partial charge in [0.2, 0.25) is 0 Å². The molecule has 5 nitrogen and oxygen atoms in total. The van der Waals surface area contributed by atoms with E-state index in [1.54, 1.807) is 6.20 Å². The zero-order valence-corrected chi connectivity index (χ0v) is 15.7. The predicted molar refractivity (Wildman–Crippen MR) is 98.2 cm³/mol. The molecule has 0 saturated heterocycles. The van der Waals surface area contributed by atoms with Crippen molar-refractivity contribution in [2.45, 2.75) is 57.1 Å². The summed E-state index contributed by atoms with van der Waals surface area (Å²) in [5.74, 6) is 0.295. The van der Waals surface area contributed by atoms with Crippen molar-refractivity contribution >= 4 is 5.91 Å². The molecule has 3 atom stereocenters. The van der Waals surface area contributed by atoms with Crippen LogP contribution in [0.4, 0.5) is 0 Å². The van der Waals surface area contributed by atoms with Crippen LogP contribution in [0.15, 0.2) is 18.3 Å². The molecule has 0 spiro atoms. The van der Waals surface area contributed by atoms with Crippen LogP contribution in [0.2, 0.25) is 0 Å². The van der Waals surface area contributed by atoms with Gasteiger partial charge in [-0.15, -0.1) is 0 Å². The first-order valence-corrected chi connectivity index (χ1v) is 9.50. The van der Waals surface area contributed by atoms with Crippen molar-refractivity contribution in [3.05, 3.63) is 29.6 Å². The number of carbonyl (C=O) groups is 1. The van der Waals surface area contributed by atoms with Crippen molar-refractivity contribution in [2.24, 2.45) is 17.6 Å². The van der Waals surface area contributed by atoms with Crippen LogP contribution in [0.5, 0.6) is 0 Å². The number of hydrogen-bond donors (Lipinski definition) is 1. The van der Waals surface area contributed by atoms with E-state index in [-0.39, 0.29) is 5.60 Å². The average Bonchev–Trinajstić information content (AvgIpc) is 2.54. The molecule has 5 heteroatoms. The Kier molecular flexibility index (Phi) is 5.44. The lowest BCUT2D eigenvalue weighted by atomic mass is 9.65. The topological polar surface area (TPSA) is 68.5 Å². The van der Waals surface area contributed by atoms with E-state index in [0.717, 1.165) is 24.9 Å². The van der Waals surface area contributed by atoms with Gasteiger partial charge in [0.25, 0.3) is 5.91 Å². The van der Waals surface area contributed by atoms with E-state index in [4.69, 9.17) is 10.5 Å². The minimum absolute atomic E-state index is 0.317. The van der Waals surface area contributed by atoms with Crippen LogP contribution in [0.3, 0.4) is 0 Å². The molecule has 0 bridgehead atoms. The minimum atomic E-state index is -0.486. The van der Waals surface area contributed by atoms with Crippen LogP contribution in [0, 0.1) is 11.8 Å². The molecule has 2 aliphatic carbocycles. The largest absolute Gasteiger partial charge is 0.373 e. The Balaban J connectivity index is 1.94. The highest BCUT2D eigenvalue weighted by Crippen LogP contribution is 2.48. The lowest BCUT2D eigenvalue weighted by molar-refractivity contribution is -0.134. The summed E-state index contributed by atoms with van der Waals surface area (Å²) >= 11 is 0. The van der Waals surface area contributed by atoms with E-state index in [1.165, 1.54) is 25.7 Å². The Morgan fingerprint density at radius 1 is 1.36 bits per heavy atom. The first kappa shape index (κ1) is 18.3. The Hall–Kier alpha value is -1.46. The van der Waals surface area contributed by atoms with Crippen molar-refractivity contribution in [1.82, 2.24) is 9.88 Å². The van der Waals surface area contributed by atoms with Crippen LogP contribution in [-0.4, -0.2) is 42.5 Å². The highest BCUT2D eigenvalue weighted by molar-refractivity contribution is 5.90. The van der Waals surface area contributed by atoms with Crippen molar-refractivity contribution in [3.8, 4) is 0 Å². The Morgan fingerprint density at radius 3 is 2.68 bits per heavy atom. The fourth-order valence-corrected chi connectivity index (χ4v) is 4.87. The summed E-state index contributed by atoms with van der Waals surface area (Å²) in [5, 5.41) is 0. The summed E-state index contributed by atoms with van der Waals surface area (Å²) < 4.78 is 6.25. The molecular formula is C20H31N3O2. The third-order valence-corrected chi connectivity index (χ3v) is 6.54. The molecule has 2 aliphatic rings. The summed E-state index contributed by atoms with van der Waals surface area (Å²) in [4.78, 5) is 18.2. The molecule has 2 fully saturated rings. The maximum atomic E-state index is 11.6. The minimum Gasteiger partial charge on any atom is -0.373 e. The van der Waals surface area contributed by atoms with E-state index >= 15 is 0 Å².